The van der Waals surface area contributed by atoms with Crippen molar-refractivity contribution in [1.29, 1.82) is 0 Å². The van der Waals surface area contributed by atoms with Crippen LogP contribution in [0.5, 0.6) is 23.0 Å². The number of nitrogens with one attached hydrogen (secondary N) is 2. The third kappa shape index (κ3) is 14.0. The van der Waals surface area contributed by atoms with Gasteiger partial charge in [-0.05, 0) is 135 Å². The van der Waals surface area contributed by atoms with Crippen LogP contribution >= 0.6 is 23.2 Å². The molecule has 4 N–H and O–H groups in total. The molecule has 0 fully saturated rings. The van der Waals surface area contributed by atoms with Gasteiger partial charge in [-0.15, -0.1) is 5.11 Å². The third-order valence-corrected chi connectivity index (χ3v) is 13.5. The van der Waals surface area contributed by atoms with Crippen molar-refractivity contribution in [2.24, 2.45) is 20.5 Å². The molecule has 0 aliphatic heterocycles. The van der Waals surface area contributed by atoms with Gasteiger partial charge in [0.25, 0.3) is 21.9 Å². The Kier molecular flexibility index (Phi) is 19.0. The number of aryl methyl sites for hydroxylation is 2. The summed E-state index contributed by atoms with van der Waals surface area (Å²) in [6.45, 7) is 7.97. The average Bonchev–Trinajstić information content (AvgIpc) is 3.35. The normalized spacial score (nSPS) is 11.5. The molecular formula is C52H42CaCl2N6O12S2. The van der Waals surface area contributed by atoms with Crippen LogP contribution in [0.4, 0.5) is 34.1 Å². The largest absolute Gasteiger partial charge is 2.00 e. The molecule has 0 bridgehead atoms. The van der Waals surface area contributed by atoms with Gasteiger partial charge < -0.3 is 34.9 Å². The van der Waals surface area contributed by atoms with Crippen LogP contribution < -0.4 is 25.2 Å². The number of benzene rings is 8. The van der Waals surface area contributed by atoms with Crippen molar-refractivity contribution in [3.63, 3.8) is 0 Å². The number of phenolic OH excluding ortho intramolecular Hbond substituents is 1. The number of nitrogens with zero attached hydrogens (tertiary/aromatic N) is 4. The molecule has 75 heavy (non-hydrogen) atoms. The third-order valence-electron chi connectivity index (χ3n) is 10.9. The number of halogens is 2. The smallest absolute Gasteiger partial charge is 0.870 e. The Balaban J connectivity index is 0.000000241. The Labute approximate surface area is 470 Å². The molecule has 0 heterocycles. The van der Waals surface area contributed by atoms with Crippen LogP contribution in [-0.4, -0.2) is 93.8 Å². The number of azo groups is 2. The Bertz CT molecular complexity index is 3530. The van der Waals surface area contributed by atoms with Crippen molar-refractivity contribution in [3.8, 4) is 23.0 Å². The summed E-state index contributed by atoms with van der Waals surface area (Å²) in [5, 5.41) is 47.9. The minimum atomic E-state index is -4.86. The average molecular weight is 1120 g/mol. The van der Waals surface area contributed by atoms with Gasteiger partial charge in [-0.3, -0.25) is 14.1 Å². The Morgan fingerprint density at radius 1 is 0.600 bits per heavy atom. The zero-order valence-corrected chi connectivity index (χ0v) is 45.5. The van der Waals surface area contributed by atoms with Gasteiger partial charge in [-0.1, -0.05) is 77.5 Å². The van der Waals surface area contributed by atoms with Crippen molar-refractivity contribution < 1.29 is 55.2 Å². The van der Waals surface area contributed by atoms with Crippen molar-refractivity contribution >= 4 is 149 Å². The maximum absolute atomic E-state index is 13.3. The van der Waals surface area contributed by atoms with Crippen molar-refractivity contribution in [3.05, 3.63) is 166 Å². The number of phenols is 1. The van der Waals surface area contributed by atoms with E-state index in [9.17, 15) is 45.7 Å². The van der Waals surface area contributed by atoms with Gasteiger partial charge in [-0.2, -0.15) is 23.8 Å². The van der Waals surface area contributed by atoms with Crippen molar-refractivity contribution in [2.45, 2.75) is 37.5 Å². The zero-order chi connectivity index (χ0) is 53.5. The first kappa shape index (κ1) is 57.6. The first-order valence-electron chi connectivity index (χ1n) is 22.1. The van der Waals surface area contributed by atoms with Gasteiger partial charge in [0.15, 0.2) is 5.75 Å². The second-order valence-electron chi connectivity index (χ2n) is 16.0. The van der Waals surface area contributed by atoms with Crippen LogP contribution in [0.1, 0.15) is 45.7 Å². The first-order chi connectivity index (χ1) is 35.2. The maximum atomic E-state index is 13.3. The van der Waals surface area contributed by atoms with Crippen LogP contribution in [0.2, 0.25) is 10.0 Å². The summed E-state index contributed by atoms with van der Waals surface area (Å²) < 4.78 is 78.1. The Morgan fingerprint density at radius 3 is 1.48 bits per heavy atom. The number of hydrogen-bond donors (Lipinski definition) is 4. The van der Waals surface area contributed by atoms with Gasteiger partial charge in [0, 0.05) is 27.7 Å². The van der Waals surface area contributed by atoms with Crippen molar-refractivity contribution in [2.75, 3.05) is 23.8 Å². The van der Waals surface area contributed by atoms with Crippen LogP contribution in [-0.2, 0) is 20.2 Å². The second-order valence-corrected chi connectivity index (χ2v) is 19.5. The van der Waals surface area contributed by atoms with E-state index in [-0.39, 0.29) is 81.7 Å². The quantitative estimate of drug-likeness (QED) is 0.0449. The summed E-state index contributed by atoms with van der Waals surface area (Å²) in [7, 11) is -9.45. The monoisotopic (exact) mass is 1120 g/mol. The second kappa shape index (κ2) is 24.7. The van der Waals surface area contributed by atoms with E-state index < -0.39 is 53.3 Å². The van der Waals surface area contributed by atoms with Crippen molar-refractivity contribution in [1.82, 2.24) is 0 Å². The summed E-state index contributed by atoms with van der Waals surface area (Å²) in [5.74, 6) is -0.990. The molecule has 23 heteroatoms. The van der Waals surface area contributed by atoms with E-state index in [1.807, 2.05) is 13.8 Å². The molecule has 0 saturated carbocycles. The SMILES string of the molecule is CCOc1ccc(NC(=O)c2cc3ccccc3c(N=Nc3cc(S(=O)(=O)O)c(Cl)cc3C)c2O)cc1.CCOc1ccc(NC(=O)c2cc3ccccc3c(N=Nc3cc(S(=O)(=O)[O-])c(Cl)cc3C)c2[O-])cc1.[Ca+2]. The van der Waals surface area contributed by atoms with Gasteiger partial charge >= 0.3 is 37.7 Å². The molecule has 0 aliphatic rings. The topological polar surface area (TPSA) is 281 Å². The van der Waals surface area contributed by atoms with Gasteiger partial charge in [0.05, 0.1) is 50.8 Å². The fourth-order valence-electron chi connectivity index (χ4n) is 7.27. The number of carbonyl (C=O) groups excluding carboxylic acids is 2. The predicted molar refractivity (Wildman–Crippen MR) is 284 cm³/mol. The number of rotatable bonds is 14. The molecule has 0 atom stereocenters. The fourth-order valence-corrected chi connectivity index (χ4v) is 9.40. The minimum Gasteiger partial charge on any atom is -0.870 e. The number of carbonyl (C=O) groups is 2. The predicted octanol–water partition coefficient (Wildman–Crippen LogP) is 12.3. The molecule has 0 radical (unpaired) electrons. The molecule has 0 aromatic heterocycles. The maximum Gasteiger partial charge on any atom is 2.00 e. The molecule has 0 spiro atoms. The van der Waals surface area contributed by atoms with Crippen LogP contribution in [0.15, 0.2) is 164 Å². The molecule has 8 aromatic carbocycles. The molecule has 380 valence electrons. The van der Waals surface area contributed by atoms with E-state index in [4.69, 9.17) is 32.7 Å². The molecule has 18 nitrogen and oxygen atoms in total. The molecule has 8 rings (SSSR count). The van der Waals surface area contributed by atoms with E-state index in [2.05, 4.69) is 31.1 Å². The fraction of sp³-hybridized carbons (Fsp3) is 0.115. The van der Waals surface area contributed by atoms with Gasteiger partial charge in [0.2, 0.25) is 0 Å². The molecule has 0 saturated heterocycles. The molecule has 0 aliphatic carbocycles. The Morgan fingerprint density at radius 2 is 1.01 bits per heavy atom. The van der Waals surface area contributed by atoms with E-state index in [0.717, 1.165) is 12.1 Å². The number of amides is 2. The molecular weight excluding hydrogens is 1080 g/mol. The standard InChI is InChI=1S/2C26H22ClN3O6S.Ca/c2*1-3-36-18-10-8-17(9-11-18)28-26(32)20-13-16-6-4-5-7-19(16)24(25(20)31)30-29-22-14-23(37(33,34)35)21(27)12-15(22)2;/h2*4-14,31H,3H2,1-2H3,(H,28,32)(H,33,34,35);/q;;+2/p-2. The number of anilines is 2. The summed E-state index contributed by atoms with van der Waals surface area (Å²) in [6.07, 6.45) is 0. The summed E-state index contributed by atoms with van der Waals surface area (Å²) in [6, 6.07) is 35.0. The number of ether oxygens (including phenoxy) is 2. The summed E-state index contributed by atoms with van der Waals surface area (Å²) >= 11 is 11.9. The van der Waals surface area contributed by atoms with Gasteiger partial charge in [-0.25, -0.2) is 8.42 Å². The first-order valence-corrected chi connectivity index (χ1v) is 25.7. The molecule has 8 aromatic rings. The number of hydrogen-bond acceptors (Lipinski definition) is 15. The Hall–Kier alpha value is -6.72. The van der Waals surface area contributed by atoms with Crippen LogP contribution in [0, 0.1) is 13.8 Å². The molecule has 2 amide bonds. The van der Waals surface area contributed by atoms with E-state index >= 15 is 0 Å². The van der Waals surface area contributed by atoms with Crippen LogP contribution in [0.25, 0.3) is 21.5 Å². The van der Waals surface area contributed by atoms with E-state index in [0.29, 0.717) is 68.8 Å². The van der Waals surface area contributed by atoms with Crippen LogP contribution in [0.3, 0.4) is 0 Å². The summed E-state index contributed by atoms with van der Waals surface area (Å²) in [5.41, 5.74) is 1.72. The number of fused-ring (bicyclic) bond motifs is 2. The zero-order valence-electron chi connectivity index (χ0n) is 40.2. The van der Waals surface area contributed by atoms with E-state index in [1.165, 1.54) is 24.3 Å². The molecule has 0 unspecified atom stereocenters. The summed E-state index contributed by atoms with van der Waals surface area (Å²) in [4.78, 5) is 24.9. The van der Waals surface area contributed by atoms with Gasteiger partial charge in [0.1, 0.15) is 32.2 Å². The van der Waals surface area contributed by atoms with E-state index in [1.54, 1.807) is 111 Å². The minimum absolute atomic E-state index is 0. The number of aromatic hydroxyl groups is 1.